The van der Waals surface area contributed by atoms with Gasteiger partial charge in [-0.3, -0.25) is 9.58 Å². The van der Waals surface area contributed by atoms with Gasteiger partial charge in [0.05, 0.1) is 13.2 Å². The van der Waals surface area contributed by atoms with E-state index in [1.807, 2.05) is 23.1 Å². The molecule has 2 N–H and O–H groups in total. The number of halogens is 6. The summed E-state index contributed by atoms with van der Waals surface area (Å²) in [6.45, 7) is 9.93. The lowest BCUT2D eigenvalue weighted by atomic mass is 10.1. The number of aromatic nitrogens is 3. The molecule has 1 fully saturated rings. The summed E-state index contributed by atoms with van der Waals surface area (Å²) in [6.07, 6.45) is -5.11. The molecule has 0 saturated carbocycles. The summed E-state index contributed by atoms with van der Waals surface area (Å²) in [6, 6.07) is 6.36. The molecule has 0 spiro atoms. The van der Waals surface area contributed by atoms with Crippen LogP contribution in [-0.2, 0) is 27.4 Å². The van der Waals surface area contributed by atoms with Crippen molar-refractivity contribution in [1.82, 2.24) is 19.7 Å². The first kappa shape index (κ1) is 31.8. The smallest absolute Gasteiger partial charge is 0.475 e. The molecule has 39 heavy (non-hydrogen) atoms. The van der Waals surface area contributed by atoms with E-state index in [9.17, 15) is 26.3 Å². The number of hydrogen-bond acceptors (Lipinski definition) is 7. The summed E-state index contributed by atoms with van der Waals surface area (Å²) in [5.74, 6) is -3.69. The van der Waals surface area contributed by atoms with Gasteiger partial charge in [0.1, 0.15) is 5.82 Å². The number of rotatable bonds is 5. The molecule has 1 unspecified atom stereocenters. The molecule has 218 valence electrons. The van der Waals surface area contributed by atoms with Crippen molar-refractivity contribution >= 4 is 17.8 Å². The maximum atomic E-state index is 10.6. The van der Waals surface area contributed by atoms with E-state index in [0.29, 0.717) is 5.92 Å². The van der Waals surface area contributed by atoms with Crippen molar-refractivity contribution in [1.29, 1.82) is 0 Å². The van der Waals surface area contributed by atoms with Gasteiger partial charge in [-0.1, -0.05) is 6.07 Å². The predicted octanol–water partition coefficient (Wildman–Crippen LogP) is 3.21. The summed E-state index contributed by atoms with van der Waals surface area (Å²) in [7, 11) is 0. The summed E-state index contributed by atoms with van der Waals surface area (Å²) < 4.78 is 71.0. The van der Waals surface area contributed by atoms with Crippen LogP contribution in [0.4, 0.5) is 32.2 Å². The van der Waals surface area contributed by atoms with Gasteiger partial charge in [-0.2, -0.15) is 31.4 Å². The van der Waals surface area contributed by atoms with Crippen LogP contribution in [0.15, 0.2) is 30.6 Å². The second kappa shape index (κ2) is 14.1. The Morgan fingerprint density at radius 2 is 1.69 bits per heavy atom. The van der Waals surface area contributed by atoms with Crippen molar-refractivity contribution < 1.29 is 50.9 Å². The summed E-state index contributed by atoms with van der Waals surface area (Å²) >= 11 is 0. The van der Waals surface area contributed by atoms with Crippen LogP contribution in [0, 0.1) is 12.8 Å². The monoisotopic (exact) mass is 569 g/mol. The molecule has 2 aliphatic rings. The molecule has 0 amide bonds. The van der Waals surface area contributed by atoms with Crippen LogP contribution in [0.3, 0.4) is 0 Å². The average Bonchev–Trinajstić information content (AvgIpc) is 3.51. The highest BCUT2D eigenvalue weighted by Crippen LogP contribution is 2.25. The number of carboxylic acids is 2. The molecule has 4 heterocycles. The number of alkyl halides is 6. The van der Waals surface area contributed by atoms with Crippen LogP contribution in [0.2, 0.25) is 0 Å². The Kier molecular flexibility index (Phi) is 11.5. The summed E-state index contributed by atoms with van der Waals surface area (Å²) in [5, 5.41) is 18.6. The van der Waals surface area contributed by atoms with Crippen molar-refractivity contribution in [3.05, 3.63) is 41.9 Å². The lowest BCUT2D eigenvalue weighted by molar-refractivity contribution is -0.193. The van der Waals surface area contributed by atoms with Gasteiger partial charge in [0, 0.05) is 63.0 Å². The zero-order chi connectivity index (χ0) is 29.2. The van der Waals surface area contributed by atoms with Crippen molar-refractivity contribution in [2.45, 2.75) is 38.8 Å². The highest BCUT2D eigenvalue weighted by molar-refractivity contribution is 5.73. The molecule has 2 aromatic rings. The number of pyridine rings is 1. The number of hydrogen-bond donors (Lipinski definition) is 2. The molecule has 2 aliphatic heterocycles. The van der Waals surface area contributed by atoms with Gasteiger partial charge in [0.2, 0.25) is 0 Å². The normalized spacial score (nSPS) is 17.7. The zero-order valence-electron chi connectivity index (χ0n) is 21.0. The Balaban J connectivity index is 0.000000317. The Hall–Kier alpha value is -3.40. The topological polar surface area (TPSA) is 121 Å². The van der Waals surface area contributed by atoms with Crippen molar-refractivity contribution in [2.24, 2.45) is 5.92 Å². The quantitative estimate of drug-likeness (QED) is 0.523. The molecule has 1 saturated heterocycles. The van der Waals surface area contributed by atoms with E-state index in [1.54, 1.807) is 0 Å². The van der Waals surface area contributed by atoms with Gasteiger partial charge in [-0.25, -0.2) is 14.6 Å². The Labute approximate surface area is 219 Å². The van der Waals surface area contributed by atoms with Crippen molar-refractivity contribution in [3.8, 4) is 0 Å². The standard InChI is InChI=1S/C19H27N5O.2C2HF3O2/c1-16-3-4-18-14-22(13-17-5-12-25-15-17)8-9-23(19(18)21-16)10-11-24-7-2-6-20-24;2*3-2(4,5)1(6)7/h2-4,6-7,17H,5,8-15H2,1H3;2*(H,6,7). The molecule has 1 atom stereocenters. The average molecular weight is 570 g/mol. The molecular weight excluding hydrogens is 540 g/mol. The molecule has 2 aromatic heterocycles. The Bertz CT molecular complexity index is 1030. The van der Waals surface area contributed by atoms with Gasteiger partial charge in [0.15, 0.2) is 0 Å². The minimum atomic E-state index is -5.08. The number of nitrogens with zero attached hydrogens (tertiary/aromatic N) is 5. The van der Waals surface area contributed by atoms with Crippen LogP contribution in [0.25, 0.3) is 0 Å². The maximum Gasteiger partial charge on any atom is 0.490 e. The number of anilines is 1. The van der Waals surface area contributed by atoms with Gasteiger partial charge in [-0.15, -0.1) is 0 Å². The van der Waals surface area contributed by atoms with Crippen LogP contribution in [0.5, 0.6) is 0 Å². The van der Waals surface area contributed by atoms with Crippen molar-refractivity contribution in [2.75, 3.05) is 44.3 Å². The summed E-state index contributed by atoms with van der Waals surface area (Å²) in [4.78, 5) is 27.7. The van der Waals surface area contributed by atoms with Crippen molar-refractivity contribution in [3.63, 3.8) is 0 Å². The van der Waals surface area contributed by atoms with Crippen LogP contribution in [0.1, 0.15) is 17.7 Å². The highest BCUT2D eigenvalue weighted by Gasteiger charge is 2.38. The molecule has 10 nitrogen and oxygen atoms in total. The van der Waals surface area contributed by atoms with E-state index < -0.39 is 24.3 Å². The van der Waals surface area contributed by atoms with E-state index in [0.717, 1.165) is 64.0 Å². The van der Waals surface area contributed by atoms with Gasteiger partial charge in [0.25, 0.3) is 0 Å². The number of aliphatic carboxylic acids is 2. The lowest BCUT2D eigenvalue weighted by Gasteiger charge is -2.25. The first-order chi connectivity index (χ1) is 18.2. The third-order valence-electron chi connectivity index (χ3n) is 5.66. The minimum absolute atomic E-state index is 0.678. The van der Waals surface area contributed by atoms with Crippen LogP contribution in [-0.4, -0.2) is 93.6 Å². The van der Waals surface area contributed by atoms with Crippen LogP contribution >= 0.6 is 0 Å². The minimum Gasteiger partial charge on any atom is -0.475 e. The Morgan fingerprint density at radius 3 is 2.21 bits per heavy atom. The van der Waals surface area contributed by atoms with E-state index in [-0.39, 0.29) is 0 Å². The highest BCUT2D eigenvalue weighted by atomic mass is 19.4. The largest absolute Gasteiger partial charge is 0.490 e. The molecule has 0 radical (unpaired) electrons. The predicted molar refractivity (Wildman–Crippen MR) is 125 cm³/mol. The van der Waals surface area contributed by atoms with E-state index in [2.05, 4.69) is 34.0 Å². The van der Waals surface area contributed by atoms with Gasteiger partial charge < -0.3 is 19.8 Å². The molecule has 0 bridgehead atoms. The number of carbonyl (C=O) groups is 2. The molecular formula is C23H29F6N5O5. The molecule has 0 aromatic carbocycles. The lowest BCUT2D eigenvalue weighted by Crippen LogP contribution is -2.36. The third-order valence-corrected chi connectivity index (χ3v) is 5.66. The van der Waals surface area contributed by atoms with E-state index in [1.165, 1.54) is 12.0 Å². The zero-order valence-corrected chi connectivity index (χ0v) is 21.0. The van der Waals surface area contributed by atoms with Crippen LogP contribution < -0.4 is 4.90 Å². The SMILES string of the molecule is Cc1ccc2c(n1)N(CCn1cccn1)CCN(CC1CCOC1)C2.O=C(O)C(F)(F)F.O=C(O)C(F)(F)F. The third kappa shape index (κ3) is 11.1. The fraction of sp³-hybridized carbons (Fsp3) is 0.565. The molecule has 16 heteroatoms. The Morgan fingerprint density at radius 1 is 1.05 bits per heavy atom. The fourth-order valence-corrected chi connectivity index (χ4v) is 3.78. The number of fused-ring (bicyclic) bond motifs is 1. The second-order valence-electron chi connectivity index (χ2n) is 8.76. The van der Waals surface area contributed by atoms with Gasteiger partial charge >= 0.3 is 24.3 Å². The summed E-state index contributed by atoms with van der Waals surface area (Å²) in [5.41, 5.74) is 2.42. The maximum absolute atomic E-state index is 10.6. The van der Waals surface area contributed by atoms with E-state index >= 15 is 0 Å². The fourth-order valence-electron chi connectivity index (χ4n) is 3.78. The second-order valence-corrected chi connectivity index (χ2v) is 8.76. The number of ether oxygens (including phenoxy) is 1. The molecule has 0 aliphatic carbocycles. The number of carboxylic acid groups (broad SMARTS) is 2. The number of aryl methyl sites for hydroxylation is 1. The molecule has 4 rings (SSSR count). The first-order valence-electron chi connectivity index (χ1n) is 11.8. The van der Waals surface area contributed by atoms with E-state index in [4.69, 9.17) is 29.5 Å². The van der Waals surface area contributed by atoms with Gasteiger partial charge in [-0.05, 0) is 31.4 Å². The first-order valence-corrected chi connectivity index (χ1v) is 11.8.